The van der Waals surface area contributed by atoms with Crippen LogP contribution in [0.15, 0.2) is 6.33 Å². The van der Waals surface area contributed by atoms with Crippen LogP contribution in [0.3, 0.4) is 0 Å². The molecule has 1 aromatic heterocycles. The lowest BCUT2D eigenvalue weighted by atomic mass is 10.1. The van der Waals surface area contributed by atoms with E-state index in [4.69, 9.17) is 5.11 Å². The Morgan fingerprint density at radius 2 is 2.17 bits per heavy atom. The van der Waals surface area contributed by atoms with E-state index in [1.165, 1.54) is 27.2 Å². The van der Waals surface area contributed by atoms with Crippen molar-refractivity contribution in [3.8, 4) is 0 Å². The lowest BCUT2D eigenvalue weighted by Gasteiger charge is -2.31. The van der Waals surface area contributed by atoms with Gasteiger partial charge in [0, 0.05) is 14.1 Å². The quantitative estimate of drug-likeness (QED) is 0.777. The summed E-state index contributed by atoms with van der Waals surface area (Å²) in [4.78, 5) is 23.9. The van der Waals surface area contributed by atoms with Gasteiger partial charge in [0.1, 0.15) is 11.9 Å². The van der Waals surface area contributed by atoms with Gasteiger partial charge in [0.25, 0.3) is 0 Å². The van der Waals surface area contributed by atoms with Gasteiger partial charge in [-0.3, -0.25) is 0 Å². The van der Waals surface area contributed by atoms with Crippen molar-refractivity contribution in [3.05, 3.63) is 12.2 Å². The molecule has 0 saturated carbocycles. The number of aryl methyl sites for hydroxylation is 1. The molecule has 0 saturated heterocycles. The highest BCUT2D eigenvalue weighted by Crippen LogP contribution is 2.12. The first-order chi connectivity index (χ1) is 8.26. The molecular weight excluding hydrogens is 238 g/mol. The molecule has 2 amide bonds. The number of amides is 2. The summed E-state index contributed by atoms with van der Waals surface area (Å²) in [5.41, 5.74) is -1.27. The van der Waals surface area contributed by atoms with Crippen molar-refractivity contribution in [1.29, 1.82) is 0 Å². The van der Waals surface area contributed by atoms with E-state index in [9.17, 15) is 9.59 Å². The van der Waals surface area contributed by atoms with Gasteiger partial charge in [-0.2, -0.15) is 0 Å². The lowest BCUT2D eigenvalue weighted by Crippen LogP contribution is -2.54. The molecule has 1 aromatic rings. The van der Waals surface area contributed by atoms with Crippen LogP contribution in [-0.4, -0.2) is 49.4 Å². The van der Waals surface area contributed by atoms with Crippen LogP contribution in [0.5, 0.6) is 0 Å². The molecule has 0 atom stereocenters. The Balaban J connectivity index is 2.61. The van der Waals surface area contributed by atoms with Gasteiger partial charge in [-0.05, 0) is 13.8 Å². The summed E-state index contributed by atoms with van der Waals surface area (Å²) >= 11 is 0. The number of carboxylic acid groups (broad SMARTS) is 1. The normalized spacial score (nSPS) is 11.1. The molecule has 0 unspecified atom stereocenters. The van der Waals surface area contributed by atoms with Crippen molar-refractivity contribution < 1.29 is 14.7 Å². The van der Waals surface area contributed by atoms with Crippen LogP contribution in [0.2, 0.25) is 0 Å². The number of carbonyl (C=O) groups is 2. The van der Waals surface area contributed by atoms with Gasteiger partial charge in [-0.25, -0.2) is 9.59 Å². The molecule has 2 N–H and O–H groups in total. The maximum atomic E-state index is 11.8. The molecule has 0 bridgehead atoms. The van der Waals surface area contributed by atoms with E-state index < -0.39 is 17.5 Å². The summed E-state index contributed by atoms with van der Waals surface area (Å²) < 4.78 is 1.67. The number of likely N-dealkylation sites (N-methyl/N-ethyl adjacent to an activating group) is 1. The standard InChI is InChI=1S/C10H17N5O3/c1-10(2,8(16)17)15(4)9(18)11-5-7-13-12-6-14(7)3/h6H,5H2,1-4H3,(H,11,18)(H,16,17). The van der Waals surface area contributed by atoms with Crippen LogP contribution in [-0.2, 0) is 18.4 Å². The minimum absolute atomic E-state index is 0.190. The molecule has 0 radical (unpaired) electrons. The Hall–Kier alpha value is -2.12. The Kier molecular flexibility index (Phi) is 3.89. The Labute approximate surface area is 105 Å². The third-order valence-corrected chi connectivity index (χ3v) is 2.87. The monoisotopic (exact) mass is 255 g/mol. The third-order valence-electron chi connectivity index (χ3n) is 2.87. The number of nitrogens with zero attached hydrogens (tertiary/aromatic N) is 4. The first-order valence-electron chi connectivity index (χ1n) is 5.34. The molecule has 0 fully saturated rings. The first-order valence-corrected chi connectivity index (χ1v) is 5.34. The zero-order chi connectivity index (χ0) is 13.9. The number of aliphatic carboxylic acids is 1. The fourth-order valence-corrected chi connectivity index (χ4v) is 1.14. The number of hydrogen-bond donors (Lipinski definition) is 2. The van der Waals surface area contributed by atoms with Gasteiger partial charge in [-0.15, -0.1) is 10.2 Å². The van der Waals surface area contributed by atoms with E-state index >= 15 is 0 Å². The second kappa shape index (κ2) is 5.03. The predicted molar refractivity (Wildman–Crippen MR) is 62.7 cm³/mol. The molecule has 0 aliphatic carbocycles. The molecule has 1 heterocycles. The highest BCUT2D eigenvalue weighted by molar-refractivity contribution is 5.85. The summed E-state index contributed by atoms with van der Waals surface area (Å²) in [7, 11) is 3.19. The van der Waals surface area contributed by atoms with Crippen molar-refractivity contribution in [3.63, 3.8) is 0 Å². The average molecular weight is 255 g/mol. The van der Waals surface area contributed by atoms with Crippen molar-refractivity contribution >= 4 is 12.0 Å². The highest BCUT2D eigenvalue weighted by Gasteiger charge is 2.35. The van der Waals surface area contributed by atoms with Gasteiger partial charge < -0.3 is 19.9 Å². The van der Waals surface area contributed by atoms with E-state index in [1.807, 2.05) is 0 Å². The smallest absolute Gasteiger partial charge is 0.329 e. The molecule has 1 rings (SSSR count). The van der Waals surface area contributed by atoms with Gasteiger partial charge >= 0.3 is 12.0 Å². The number of urea groups is 1. The molecule has 0 aliphatic rings. The summed E-state index contributed by atoms with van der Waals surface area (Å²) in [6.07, 6.45) is 1.52. The molecule has 100 valence electrons. The van der Waals surface area contributed by atoms with Crippen LogP contribution < -0.4 is 5.32 Å². The SMILES string of the molecule is CN(C(=O)NCc1nncn1C)C(C)(C)C(=O)O. The number of rotatable bonds is 4. The fraction of sp³-hybridized carbons (Fsp3) is 0.600. The fourth-order valence-electron chi connectivity index (χ4n) is 1.14. The number of carboxylic acids is 1. The Bertz CT molecular complexity index is 454. The van der Waals surface area contributed by atoms with Crippen molar-refractivity contribution in [2.75, 3.05) is 7.05 Å². The zero-order valence-electron chi connectivity index (χ0n) is 10.8. The zero-order valence-corrected chi connectivity index (χ0v) is 10.8. The summed E-state index contributed by atoms with van der Waals surface area (Å²) in [6, 6.07) is -0.481. The summed E-state index contributed by atoms with van der Waals surface area (Å²) in [6.45, 7) is 3.10. The molecule has 8 heteroatoms. The van der Waals surface area contributed by atoms with Crippen molar-refractivity contribution in [2.45, 2.75) is 25.9 Å². The first kappa shape index (κ1) is 13.9. The number of carbonyl (C=O) groups excluding carboxylic acids is 1. The Morgan fingerprint density at radius 3 is 2.61 bits per heavy atom. The largest absolute Gasteiger partial charge is 0.480 e. The minimum atomic E-state index is -1.27. The van der Waals surface area contributed by atoms with E-state index in [-0.39, 0.29) is 6.54 Å². The topological polar surface area (TPSA) is 100 Å². The van der Waals surface area contributed by atoms with Crippen LogP contribution in [0.25, 0.3) is 0 Å². The van der Waals surface area contributed by atoms with Gasteiger partial charge in [0.15, 0.2) is 5.82 Å². The molecule has 0 aliphatic heterocycles. The highest BCUT2D eigenvalue weighted by atomic mass is 16.4. The van der Waals surface area contributed by atoms with Crippen molar-refractivity contribution in [1.82, 2.24) is 25.0 Å². The second-order valence-corrected chi connectivity index (χ2v) is 4.44. The number of hydrogen-bond acceptors (Lipinski definition) is 4. The average Bonchev–Trinajstić information content (AvgIpc) is 2.70. The van der Waals surface area contributed by atoms with Crippen LogP contribution >= 0.6 is 0 Å². The van der Waals surface area contributed by atoms with Crippen LogP contribution in [0.1, 0.15) is 19.7 Å². The lowest BCUT2D eigenvalue weighted by molar-refractivity contribution is -0.146. The Morgan fingerprint density at radius 1 is 1.56 bits per heavy atom. The van der Waals surface area contributed by atoms with E-state index in [0.29, 0.717) is 5.82 Å². The molecule has 0 aromatic carbocycles. The maximum Gasteiger partial charge on any atom is 0.329 e. The molecule has 0 spiro atoms. The van der Waals surface area contributed by atoms with Crippen LogP contribution in [0.4, 0.5) is 4.79 Å². The van der Waals surface area contributed by atoms with Crippen LogP contribution in [0, 0.1) is 0 Å². The molecule has 8 nitrogen and oxygen atoms in total. The second-order valence-electron chi connectivity index (χ2n) is 4.44. The van der Waals surface area contributed by atoms with E-state index in [0.717, 1.165) is 4.90 Å². The maximum absolute atomic E-state index is 11.8. The molecule has 18 heavy (non-hydrogen) atoms. The summed E-state index contributed by atoms with van der Waals surface area (Å²) in [5, 5.41) is 19.1. The van der Waals surface area contributed by atoms with Gasteiger partial charge in [0.2, 0.25) is 0 Å². The van der Waals surface area contributed by atoms with E-state index in [1.54, 1.807) is 11.6 Å². The van der Waals surface area contributed by atoms with Gasteiger partial charge in [-0.1, -0.05) is 0 Å². The minimum Gasteiger partial charge on any atom is -0.480 e. The van der Waals surface area contributed by atoms with Gasteiger partial charge in [0.05, 0.1) is 6.54 Å². The number of aromatic nitrogens is 3. The number of nitrogens with one attached hydrogen (secondary N) is 1. The van der Waals surface area contributed by atoms with E-state index in [2.05, 4.69) is 15.5 Å². The summed E-state index contributed by atoms with van der Waals surface area (Å²) in [5.74, 6) is -0.483. The predicted octanol–water partition coefficient (Wildman–Crippen LogP) is -0.180. The third kappa shape index (κ3) is 2.76. The molecular formula is C10H17N5O3. The van der Waals surface area contributed by atoms with Crippen molar-refractivity contribution in [2.24, 2.45) is 7.05 Å².